The van der Waals surface area contributed by atoms with Crippen molar-refractivity contribution in [1.29, 1.82) is 5.41 Å². The zero-order valence-electron chi connectivity index (χ0n) is 22.6. The van der Waals surface area contributed by atoms with E-state index in [0.29, 0.717) is 12.0 Å². The minimum atomic E-state index is 0.0955. The minimum absolute atomic E-state index is 0.0955. The Bertz CT molecular complexity index is 1300. The van der Waals surface area contributed by atoms with Crippen LogP contribution in [0.1, 0.15) is 57.4 Å². The third kappa shape index (κ3) is 4.94. The molecule has 0 spiro atoms. The molecule has 8 nitrogen and oxygen atoms in total. The predicted molar refractivity (Wildman–Crippen MR) is 151 cm³/mol. The Labute approximate surface area is 225 Å². The maximum Gasteiger partial charge on any atom is 0.225 e. The average molecular weight is 514 g/mol. The standard InChI is InChI=1S/C30H39N7O/c1-21(2)36-12-10-24(19-36)23-5-8-27(32-18-23)25-17-29-28(9-11-33-37(29)20-25)34-13-15-35(16-14-34)30(38)22-3-6-26(31)7-4-22/h5,8-9,11,17-18,20-22,24,31H,3-4,6-7,10,12-16,19H2,1-2H3/t22?,24-/m1/s1. The number of carbonyl (C=O) groups excluding carboxylic acids is 1. The summed E-state index contributed by atoms with van der Waals surface area (Å²) in [6.45, 7) is 9.94. The second-order valence-corrected chi connectivity index (χ2v) is 11.5. The van der Waals surface area contributed by atoms with Crippen molar-refractivity contribution >= 4 is 22.8 Å². The first-order valence-corrected chi connectivity index (χ1v) is 14.2. The predicted octanol–water partition coefficient (Wildman–Crippen LogP) is 4.45. The maximum atomic E-state index is 13.0. The molecule has 2 saturated heterocycles. The molecule has 0 radical (unpaired) electrons. The maximum absolute atomic E-state index is 13.0. The van der Waals surface area contributed by atoms with E-state index in [1.807, 2.05) is 15.6 Å². The van der Waals surface area contributed by atoms with Crippen molar-refractivity contribution in [3.63, 3.8) is 0 Å². The number of nitrogens with one attached hydrogen (secondary N) is 1. The first kappa shape index (κ1) is 25.0. The van der Waals surface area contributed by atoms with Gasteiger partial charge in [0.05, 0.1) is 16.9 Å². The second-order valence-electron chi connectivity index (χ2n) is 11.5. The summed E-state index contributed by atoms with van der Waals surface area (Å²) in [6, 6.07) is 9.27. The third-order valence-electron chi connectivity index (χ3n) is 8.86. The Balaban J connectivity index is 1.13. The largest absolute Gasteiger partial charge is 0.366 e. The van der Waals surface area contributed by atoms with Crippen LogP contribution in [0.5, 0.6) is 0 Å². The first-order valence-electron chi connectivity index (χ1n) is 14.2. The van der Waals surface area contributed by atoms with Gasteiger partial charge in [-0.2, -0.15) is 5.10 Å². The number of hydrogen-bond acceptors (Lipinski definition) is 6. The highest BCUT2D eigenvalue weighted by atomic mass is 16.2. The number of nitrogens with zero attached hydrogens (tertiary/aromatic N) is 6. The second kappa shape index (κ2) is 10.5. The molecule has 2 aliphatic heterocycles. The summed E-state index contributed by atoms with van der Waals surface area (Å²) in [6.07, 6.45) is 10.4. The molecule has 5 heterocycles. The van der Waals surface area contributed by atoms with E-state index in [0.717, 1.165) is 93.1 Å². The van der Waals surface area contributed by atoms with E-state index in [1.165, 1.54) is 12.0 Å². The van der Waals surface area contributed by atoms with Crippen LogP contribution in [0.4, 0.5) is 5.69 Å². The fourth-order valence-electron chi connectivity index (χ4n) is 6.39. The topological polar surface area (TPSA) is 80.8 Å². The Kier molecular flexibility index (Phi) is 6.91. The molecule has 1 saturated carbocycles. The molecule has 0 aromatic carbocycles. The summed E-state index contributed by atoms with van der Waals surface area (Å²) in [7, 11) is 0. The van der Waals surface area contributed by atoms with Crippen LogP contribution in [0.2, 0.25) is 0 Å². The quantitative estimate of drug-likeness (QED) is 0.545. The molecular formula is C30H39N7O. The van der Waals surface area contributed by atoms with Crippen LogP contribution in [0.3, 0.4) is 0 Å². The summed E-state index contributed by atoms with van der Waals surface area (Å²) >= 11 is 0. The third-order valence-corrected chi connectivity index (χ3v) is 8.86. The van der Waals surface area contributed by atoms with Crippen LogP contribution in [-0.4, -0.2) is 81.3 Å². The lowest BCUT2D eigenvalue weighted by atomic mass is 9.87. The number of rotatable bonds is 5. The molecule has 1 atom stereocenters. The number of likely N-dealkylation sites (tertiary alicyclic amines) is 1. The molecular weight excluding hydrogens is 474 g/mol. The number of amides is 1. The highest BCUT2D eigenvalue weighted by Crippen LogP contribution is 2.31. The van der Waals surface area contributed by atoms with Gasteiger partial charge in [0, 0.05) is 74.5 Å². The van der Waals surface area contributed by atoms with Crippen LogP contribution in [0.15, 0.2) is 42.9 Å². The molecule has 8 heteroatoms. The Morgan fingerprint density at radius 1 is 1.03 bits per heavy atom. The molecule has 6 rings (SSSR count). The number of hydrogen-bond donors (Lipinski definition) is 1. The average Bonchev–Trinajstić information content (AvgIpc) is 3.61. The van der Waals surface area contributed by atoms with Gasteiger partial charge in [-0.1, -0.05) is 6.07 Å². The lowest BCUT2D eigenvalue weighted by Gasteiger charge is -2.38. The van der Waals surface area contributed by atoms with Crippen LogP contribution < -0.4 is 4.90 Å². The molecule has 3 fully saturated rings. The summed E-state index contributed by atoms with van der Waals surface area (Å²) in [4.78, 5) is 24.8. The molecule has 0 unspecified atom stereocenters. The Morgan fingerprint density at radius 3 is 2.50 bits per heavy atom. The van der Waals surface area contributed by atoms with Gasteiger partial charge < -0.3 is 20.1 Å². The van der Waals surface area contributed by atoms with E-state index in [-0.39, 0.29) is 11.8 Å². The van der Waals surface area contributed by atoms with Gasteiger partial charge in [-0.25, -0.2) is 4.52 Å². The van der Waals surface area contributed by atoms with E-state index < -0.39 is 0 Å². The van der Waals surface area contributed by atoms with Gasteiger partial charge in [0.1, 0.15) is 0 Å². The monoisotopic (exact) mass is 513 g/mol. The minimum Gasteiger partial charge on any atom is -0.366 e. The SMILES string of the molecule is CC(C)N1CC[C@@H](c2ccc(-c3cc4c(N5CCN(C(=O)C6CCC(=N)CC6)CC5)ccnn4c3)nc2)C1. The number of carbonyl (C=O) groups is 1. The zero-order chi connectivity index (χ0) is 26.2. The van der Waals surface area contributed by atoms with E-state index in [9.17, 15) is 4.79 Å². The molecule has 0 bridgehead atoms. The van der Waals surface area contributed by atoms with Gasteiger partial charge in [0.2, 0.25) is 5.91 Å². The fourth-order valence-corrected chi connectivity index (χ4v) is 6.39. The molecule has 1 aliphatic carbocycles. The molecule has 3 aliphatic rings. The smallest absolute Gasteiger partial charge is 0.225 e. The number of anilines is 1. The van der Waals surface area contributed by atoms with Crippen molar-refractivity contribution < 1.29 is 4.79 Å². The van der Waals surface area contributed by atoms with Crippen molar-refractivity contribution in [3.05, 3.63) is 48.4 Å². The van der Waals surface area contributed by atoms with Gasteiger partial charge >= 0.3 is 0 Å². The van der Waals surface area contributed by atoms with Crippen LogP contribution >= 0.6 is 0 Å². The van der Waals surface area contributed by atoms with Gasteiger partial charge in [-0.15, -0.1) is 0 Å². The van der Waals surface area contributed by atoms with Crippen LogP contribution in [0, 0.1) is 11.3 Å². The lowest BCUT2D eigenvalue weighted by Crippen LogP contribution is -2.50. The fraction of sp³-hybridized carbons (Fsp3) is 0.533. The lowest BCUT2D eigenvalue weighted by molar-refractivity contribution is -0.136. The van der Waals surface area contributed by atoms with Gasteiger partial charge in [-0.05, 0) is 82.2 Å². The molecule has 3 aromatic heterocycles. The van der Waals surface area contributed by atoms with E-state index >= 15 is 0 Å². The van der Waals surface area contributed by atoms with Crippen molar-refractivity contribution in [2.75, 3.05) is 44.2 Å². The number of fused-ring (bicyclic) bond motifs is 1. The summed E-state index contributed by atoms with van der Waals surface area (Å²) in [5.74, 6) is 0.946. The normalized spacial score (nSPS) is 23.1. The van der Waals surface area contributed by atoms with E-state index in [2.05, 4.69) is 65.4 Å². The van der Waals surface area contributed by atoms with E-state index in [4.69, 9.17) is 10.4 Å². The Hall–Kier alpha value is -3.26. The van der Waals surface area contributed by atoms with Gasteiger partial charge in [0.15, 0.2) is 0 Å². The summed E-state index contributed by atoms with van der Waals surface area (Å²) in [5.41, 5.74) is 6.40. The van der Waals surface area contributed by atoms with Crippen molar-refractivity contribution in [2.24, 2.45) is 5.92 Å². The zero-order valence-corrected chi connectivity index (χ0v) is 22.6. The highest BCUT2D eigenvalue weighted by Gasteiger charge is 2.30. The van der Waals surface area contributed by atoms with Crippen molar-refractivity contribution in [3.8, 4) is 11.3 Å². The summed E-state index contributed by atoms with van der Waals surface area (Å²) in [5, 5.41) is 12.4. The van der Waals surface area contributed by atoms with Gasteiger partial charge in [0.25, 0.3) is 0 Å². The first-order chi connectivity index (χ1) is 18.5. The highest BCUT2D eigenvalue weighted by molar-refractivity contribution is 5.86. The molecule has 3 aromatic rings. The molecule has 38 heavy (non-hydrogen) atoms. The number of aromatic nitrogens is 3. The Morgan fingerprint density at radius 2 is 1.82 bits per heavy atom. The van der Waals surface area contributed by atoms with Crippen molar-refractivity contribution in [1.82, 2.24) is 24.4 Å². The molecule has 1 amide bonds. The van der Waals surface area contributed by atoms with Crippen LogP contribution in [-0.2, 0) is 4.79 Å². The number of pyridine rings is 1. The number of piperazine rings is 1. The van der Waals surface area contributed by atoms with Gasteiger partial charge in [-0.3, -0.25) is 9.78 Å². The summed E-state index contributed by atoms with van der Waals surface area (Å²) < 4.78 is 1.95. The molecule has 1 N–H and O–H groups in total. The molecule has 200 valence electrons. The van der Waals surface area contributed by atoms with Crippen LogP contribution in [0.25, 0.3) is 16.8 Å². The van der Waals surface area contributed by atoms with Crippen molar-refractivity contribution in [2.45, 2.75) is 57.9 Å². The van der Waals surface area contributed by atoms with E-state index in [1.54, 1.807) is 0 Å².